The number of aromatic nitrogens is 6. The lowest BCUT2D eigenvalue weighted by Gasteiger charge is -2.34. The van der Waals surface area contributed by atoms with Gasteiger partial charge in [0.2, 0.25) is 11.9 Å². The van der Waals surface area contributed by atoms with Crippen molar-refractivity contribution >= 4 is 34.4 Å². The Morgan fingerprint density at radius 1 is 1.11 bits per heavy atom. The Morgan fingerprint density at radius 2 is 1.83 bits per heavy atom. The van der Waals surface area contributed by atoms with Crippen molar-refractivity contribution in [3.8, 4) is 11.3 Å². The van der Waals surface area contributed by atoms with Gasteiger partial charge in [0.05, 0.1) is 5.69 Å². The van der Waals surface area contributed by atoms with Crippen LogP contribution in [-0.2, 0) is 4.79 Å². The van der Waals surface area contributed by atoms with Gasteiger partial charge in [-0.2, -0.15) is 4.98 Å². The van der Waals surface area contributed by atoms with Gasteiger partial charge >= 0.3 is 0 Å². The normalized spacial score (nSPS) is 15.1. The second kappa shape index (κ2) is 10.1. The number of amides is 1. The van der Waals surface area contributed by atoms with Crippen LogP contribution in [0.25, 0.3) is 27.9 Å². The molecule has 1 fully saturated rings. The van der Waals surface area contributed by atoms with Crippen LogP contribution in [-0.4, -0.2) is 47.6 Å². The van der Waals surface area contributed by atoms with Gasteiger partial charge in [-0.05, 0) is 58.7 Å². The summed E-state index contributed by atoms with van der Waals surface area (Å²) in [4.78, 5) is 24.6. The Kier molecular flexibility index (Phi) is 7.14. The molecule has 10 heteroatoms. The maximum Gasteiger partial charge on any atom is 0.240 e. The summed E-state index contributed by atoms with van der Waals surface area (Å²) in [6.07, 6.45) is 8.00. The third-order valence-corrected chi connectivity index (χ3v) is 6.71. The average Bonchev–Trinajstić information content (AvgIpc) is 3.38. The van der Waals surface area contributed by atoms with Gasteiger partial charge in [0.1, 0.15) is 16.9 Å². The van der Waals surface area contributed by atoms with Crippen molar-refractivity contribution in [2.75, 3.05) is 18.1 Å². The molecule has 5 rings (SSSR count). The summed E-state index contributed by atoms with van der Waals surface area (Å²) in [6.45, 7) is 10.0. The highest BCUT2D eigenvalue weighted by Crippen LogP contribution is 2.31. The van der Waals surface area contributed by atoms with E-state index in [-0.39, 0.29) is 23.4 Å². The lowest BCUT2D eigenvalue weighted by Crippen LogP contribution is -2.46. The first-order valence-electron chi connectivity index (χ1n) is 12.6. The van der Waals surface area contributed by atoms with Crippen LogP contribution < -0.4 is 16.4 Å². The Morgan fingerprint density at radius 3 is 2.47 bits per heavy atom. The average molecular weight is 492 g/mol. The highest BCUT2D eigenvalue weighted by Gasteiger charge is 2.26. The first-order valence-corrected chi connectivity index (χ1v) is 12.6. The molecule has 0 spiro atoms. The van der Waals surface area contributed by atoms with Crippen molar-refractivity contribution in [3.05, 3.63) is 30.2 Å². The predicted molar refractivity (Wildman–Crippen MR) is 144 cm³/mol. The Hall–Kier alpha value is -3.69. The molecule has 0 aliphatic heterocycles. The molecule has 4 heterocycles. The summed E-state index contributed by atoms with van der Waals surface area (Å²) in [7, 11) is 1.81. The number of nitrogens with zero attached hydrogens (tertiary/aromatic N) is 6. The third kappa shape index (κ3) is 5.12. The van der Waals surface area contributed by atoms with Gasteiger partial charge in [-0.1, -0.05) is 19.3 Å². The van der Waals surface area contributed by atoms with E-state index in [1.807, 2.05) is 38.4 Å². The second-order valence-electron chi connectivity index (χ2n) is 10.1. The smallest absolute Gasteiger partial charge is 0.240 e. The van der Waals surface area contributed by atoms with E-state index in [1.165, 1.54) is 19.3 Å². The number of anilines is 2. The topological polar surface area (TPSA) is 128 Å². The quantitative estimate of drug-likeness (QED) is 0.383. The molecule has 4 aromatic heterocycles. The highest BCUT2D eigenvalue weighted by molar-refractivity contribution is 5.89. The molecule has 36 heavy (non-hydrogen) atoms. The van der Waals surface area contributed by atoms with E-state index in [0.29, 0.717) is 5.82 Å². The molecule has 1 aliphatic rings. The van der Waals surface area contributed by atoms with Crippen LogP contribution in [0.5, 0.6) is 0 Å². The largest absolute Gasteiger partial charge is 0.371 e. The van der Waals surface area contributed by atoms with Crippen LogP contribution in [0.3, 0.4) is 0 Å². The van der Waals surface area contributed by atoms with Crippen molar-refractivity contribution in [2.45, 2.75) is 78.3 Å². The van der Waals surface area contributed by atoms with Crippen molar-refractivity contribution in [1.82, 2.24) is 34.4 Å². The van der Waals surface area contributed by atoms with Crippen LogP contribution >= 0.6 is 0 Å². The summed E-state index contributed by atoms with van der Waals surface area (Å²) in [5, 5.41) is 10.3. The van der Waals surface area contributed by atoms with E-state index in [9.17, 15) is 4.79 Å². The first-order chi connectivity index (χ1) is 17.1. The van der Waals surface area contributed by atoms with E-state index in [1.54, 1.807) is 11.4 Å². The van der Waals surface area contributed by atoms with Crippen LogP contribution in [0.4, 0.5) is 11.8 Å². The van der Waals surface area contributed by atoms with Crippen molar-refractivity contribution in [3.63, 3.8) is 0 Å². The maximum atomic E-state index is 10.8. The van der Waals surface area contributed by atoms with Gasteiger partial charge in [-0.25, -0.2) is 14.5 Å². The molecule has 4 N–H and O–H groups in total. The van der Waals surface area contributed by atoms with Crippen molar-refractivity contribution < 1.29 is 4.79 Å². The van der Waals surface area contributed by atoms with Crippen LogP contribution in [0, 0.1) is 6.92 Å². The molecule has 10 nitrogen and oxygen atoms in total. The number of rotatable bonds is 4. The molecule has 1 saturated carbocycles. The number of hydrogen-bond acceptors (Lipinski definition) is 7. The van der Waals surface area contributed by atoms with E-state index >= 15 is 0 Å². The molecule has 1 amide bonds. The first kappa shape index (κ1) is 25.4. The maximum absolute atomic E-state index is 10.8. The van der Waals surface area contributed by atoms with E-state index in [2.05, 4.69) is 51.0 Å². The summed E-state index contributed by atoms with van der Waals surface area (Å²) < 4.78 is 3.87. The molecular formula is C26H37N9O. The van der Waals surface area contributed by atoms with Gasteiger partial charge in [-0.15, -0.1) is 5.10 Å². The number of carbonyl (C=O) groups is 1. The molecule has 0 saturated heterocycles. The SMILES string of the molecule is CC(=O)NC1(C)CCCCC1.CNc1nc(N)nn2ccc(-c3ccc4nc(C)n(C(C)C)c4n3)c12. The number of carbonyl (C=O) groups excluding carboxylic acids is 1. The fourth-order valence-electron chi connectivity index (χ4n) is 5.16. The summed E-state index contributed by atoms with van der Waals surface area (Å²) >= 11 is 0. The summed E-state index contributed by atoms with van der Waals surface area (Å²) in [6, 6.07) is 6.24. The molecule has 0 aromatic carbocycles. The Balaban J connectivity index is 0.000000233. The van der Waals surface area contributed by atoms with Crippen LogP contribution in [0.1, 0.15) is 71.7 Å². The minimum absolute atomic E-state index is 0.101. The van der Waals surface area contributed by atoms with E-state index in [4.69, 9.17) is 10.7 Å². The molecule has 0 radical (unpaired) electrons. The number of nitrogens with two attached hydrogens (primary N) is 1. The number of fused-ring (bicyclic) bond motifs is 2. The highest BCUT2D eigenvalue weighted by atomic mass is 16.1. The fourth-order valence-corrected chi connectivity index (χ4v) is 5.16. The van der Waals surface area contributed by atoms with Crippen LogP contribution in [0.2, 0.25) is 0 Å². The number of nitrogen functional groups attached to an aromatic ring is 1. The summed E-state index contributed by atoms with van der Waals surface area (Å²) in [5.41, 5.74) is 10.3. The zero-order valence-corrected chi connectivity index (χ0v) is 22.1. The number of hydrogen-bond donors (Lipinski definition) is 3. The number of imidazole rings is 1. The lowest BCUT2D eigenvalue weighted by atomic mass is 9.83. The van der Waals surface area contributed by atoms with Crippen molar-refractivity contribution in [1.29, 1.82) is 0 Å². The molecule has 192 valence electrons. The lowest BCUT2D eigenvalue weighted by molar-refractivity contribution is -0.121. The van der Waals surface area contributed by atoms with Crippen molar-refractivity contribution in [2.24, 2.45) is 0 Å². The standard InChI is InChI=1S/C17H20N8.C9H17NO/c1-9(2)25-10(3)20-13-6-5-12(21-16(13)25)11-7-8-24-14(11)15(19-4)22-17(18)23-24;1-8(11)10-9(2)6-4-3-5-7-9/h5-9H,1-4H3,(H3,18,19,22,23);3-7H2,1-2H3,(H,10,11). The van der Waals surface area contributed by atoms with Crippen LogP contribution in [0.15, 0.2) is 24.4 Å². The van der Waals surface area contributed by atoms with Gasteiger partial charge in [0.15, 0.2) is 11.5 Å². The molecule has 0 atom stereocenters. The zero-order valence-electron chi connectivity index (χ0n) is 22.1. The Bertz CT molecular complexity index is 1380. The number of pyridine rings is 1. The monoisotopic (exact) mass is 491 g/mol. The fraction of sp³-hybridized carbons (Fsp3) is 0.500. The van der Waals surface area contributed by atoms with Gasteiger partial charge in [0.25, 0.3) is 0 Å². The molecular weight excluding hydrogens is 454 g/mol. The van der Waals surface area contributed by atoms with Gasteiger partial charge in [0, 0.05) is 37.3 Å². The number of nitrogens with one attached hydrogen (secondary N) is 2. The molecule has 4 aromatic rings. The Labute approximate surface area is 211 Å². The van der Waals surface area contributed by atoms with Gasteiger partial charge < -0.3 is 20.9 Å². The minimum atomic E-state index is 0.101. The van der Waals surface area contributed by atoms with Gasteiger partial charge in [-0.3, -0.25) is 4.79 Å². The molecule has 0 bridgehead atoms. The second-order valence-corrected chi connectivity index (χ2v) is 10.1. The minimum Gasteiger partial charge on any atom is -0.371 e. The third-order valence-electron chi connectivity index (χ3n) is 6.71. The zero-order chi connectivity index (χ0) is 26.0. The number of aryl methyl sites for hydroxylation is 1. The predicted octanol–water partition coefficient (Wildman–Crippen LogP) is 4.50. The summed E-state index contributed by atoms with van der Waals surface area (Å²) in [5.74, 6) is 1.96. The molecule has 0 unspecified atom stereocenters. The van der Waals surface area contributed by atoms with E-state index in [0.717, 1.165) is 46.6 Å². The van der Waals surface area contributed by atoms with E-state index < -0.39 is 0 Å². The molecule has 1 aliphatic carbocycles.